The SMILES string of the molecule is COc1cccc(-c2ccnc(-n3ncc(C(=O)N(C)C4CCN(C)CC4)c3C)n2)c1. The van der Waals surface area contributed by atoms with Gasteiger partial charge in [-0.05, 0) is 58.1 Å². The number of piperidine rings is 1. The van der Waals surface area contributed by atoms with Crippen LogP contribution in [0.4, 0.5) is 0 Å². The minimum atomic E-state index is -0.0118. The number of amides is 1. The molecule has 8 heteroatoms. The minimum absolute atomic E-state index is 0.0118. The summed E-state index contributed by atoms with van der Waals surface area (Å²) >= 11 is 0. The van der Waals surface area contributed by atoms with E-state index in [4.69, 9.17) is 4.74 Å². The van der Waals surface area contributed by atoms with Gasteiger partial charge in [0.25, 0.3) is 11.9 Å². The van der Waals surface area contributed by atoms with Crippen molar-refractivity contribution >= 4 is 5.91 Å². The molecule has 0 bridgehead atoms. The molecule has 0 N–H and O–H groups in total. The molecule has 2 aromatic heterocycles. The van der Waals surface area contributed by atoms with Crippen LogP contribution in [0.15, 0.2) is 42.7 Å². The summed E-state index contributed by atoms with van der Waals surface area (Å²) in [5, 5.41) is 4.43. The number of carbonyl (C=O) groups is 1. The van der Waals surface area contributed by atoms with E-state index in [2.05, 4.69) is 27.0 Å². The Bertz CT molecular complexity index is 1070. The monoisotopic (exact) mass is 420 g/mol. The van der Waals surface area contributed by atoms with E-state index in [0.29, 0.717) is 11.5 Å². The number of carbonyl (C=O) groups excluding carboxylic acids is 1. The average molecular weight is 421 g/mol. The second-order valence-corrected chi connectivity index (χ2v) is 7.98. The fraction of sp³-hybridized carbons (Fsp3) is 0.391. The van der Waals surface area contributed by atoms with Crippen molar-refractivity contribution < 1.29 is 9.53 Å². The summed E-state index contributed by atoms with van der Waals surface area (Å²) in [6.07, 6.45) is 5.28. The van der Waals surface area contributed by atoms with Gasteiger partial charge in [0.15, 0.2) is 0 Å². The van der Waals surface area contributed by atoms with E-state index in [1.165, 1.54) is 0 Å². The number of nitrogens with zero attached hydrogens (tertiary/aromatic N) is 6. The minimum Gasteiger partial charge on any atom is -0.497 e. The number of hydrogen-bond acceptors (Lipinski definition) is 6. The van der Waals surface area contributed by atoms with Gasteiger partial charge in [-0.3, -0.25) is 4.79 Å². The van der Waals surface area contributed by atoms with Gasteiger partial charge in [-0.25, -0.2) is 14.6 Å². The number of likely N-dealkylation sites (tertiary alicyclic amines) is 1. The van der Waals surface area contributed by atoms with Gasteiger partial charge in [0, 0.05) is 24.8 Å². The largest absolute Gasteiger partial charge is 0.497 e. The second kappa shape index (κ2) is 8.85. The van der Waals surface area contributed by atoms with Crippen LogP contribution in [0.1, 0.15) is 28.9 Å². The lowest BCUT2D eigenvalue weighted by atomic mass is 10.0. The molecule has 1 fully saturated rings. The average Bonchev–Trinajstić information content (AvgIpc) is 3.20. The lowest BCUT2D eigenvalue weighted by Gasteiger charge is -2.35. The molecule has 0 unspecified atom stereocenters. The molecule has 0 aliphatic carbocycles. The lowest BCUT2D eigenvalue weighted by Crippen LogP contribution is -2.44. The first-order valence-corrected chi connectivity index (χ1v) is 10.5. The molecule has 0 spiro atoms. The molecule has 4 rings (SSSR count). The maximum Gasteiger partial charge on any atom is 0.257 e. The fourth-order valence-corrected chi connectivity index (χ4v) is 3.95. The van der Waals surface area contributed by atoms with E-state index in [1.54, 1.807) is 24.2 Å². The number of benzene rings is 1. The maximum atomic E-state index is 13.2. The van der Waals surface area contributed by atoms with Crippen molar-refractivity contribution in [1.29, 1.82) is 0 Å². The molecule has 8 nitrogen and oxygen atoms in total. The third-order valence-corrected chi connectivity index (χ3v) is 5.99. The van der Waals surface area contributed by atoms with Crippen LogP contribution in [-0.4, -0.2) is 75.8 Å². The molecule has 1 aliphatic rings. The van der Waals surface area contributed by atoms with Crippen LogP contribution >= 0.6 is 0 Å². The van der Waals surface area contributed by atoms with Crippen molar-refractivity contribution in [2.45, 2.75) is 25.8 Å². The summed E-state index contributed by atoms with van der Waals surface area (Å²) in [6, 6.07) is 9.80. The molecular formula is C23H28N6O2. The van der Waals surface area contributed by atoms with Gasteiger partial charge in [0.2, 0.25) is 0 Å². The smallest absolute Gasteiger partial charge is 0.257 e. The summed E-state index contributed by atoms with van der Waals surface area (Å²) in [5.41, 5.74) is 2.99. The van der Waals surface area contributed by atoms with Gasteiger partial charge in [-0.15, -0.1) is 0 Å². The number of ether oxygens (including phenoxy) is 1. The van der Waals surface area contributed by atoms with E-state index in [0.717, 1.165) is 48.6 Å². The summed E-state index contributed by atoms with van der Waals surface area (Å²) in [5.74, 6) is 1.18. The summed E-state index contributed by atoms with van der Waals surface area (Å²) in [6.45, 7) is 3.89. The normalized spacial score (nSPS) is 15.1. The van der Waals surface area contributed by atoms with Crippen molar-refractivity contribution in [2.24, 2.45) is 0 Å². The highest BCUT2D eigenvalue weighted by atomic mass is 16.5. The third kappa shape index (κ3) is 4.29. The van der Waals surface area contributed by atoms with Crippen molar-refractivity contribution in [3.63, 3.8) is 0 Å². The fourth-order valence-electron chi connectivity index (χ4n) is 3.95. The van der Waals surface area contributed by atoms with Crippen LogP contribution in [0, 0.1) is 6.92 Å². The highest BCUT2D eigenvalue weighted by molar-refractivity contribution is 5.95. The van der Waals surface area contributed by atoms with Crippen molar-refractivity contribution in [1.82, 2.24) is 29.5 Å². The summed E-state index contributed by atoms with van der Waals surface area (Å²) in [4.78, 5) is 26.4. The Hall–Kier alpha value is -3.26. The quantitative estimate of drug-likeness (QED) is 0.632. The van der Waals surface area contributed by atoms with Gasteiger partial charge >= 0.3 is 0 Å². The first-order chi connectivity index (χ1) is 15.0. The first-order valence-electron chi connectivity index (χ1n) is 10.5. The predicted octanol–water partition coefficient (Wildman–Crippen LogP) is 2.81. The Labute approximate surface area is 182 Å². The van der Waals surface area contributed by atoms with Crippen molar-refractivity contribution in [2.75, 3.05) is 34.3 Å². The van der Waals surface area contributed by atoms with Gasteiger partial charge in [0.05, 0.1) is 30.3 Å². The molecule has 1 aliphatic heterocycles. The summed E-state index contributed by atoms with van der Waals surface area (Å²) in [7, 11) is 5.64. The molecule has 0 atom stereocenters. The predicted molar refractivity (Wildman–Crippen MR) is 118 cm³/mol. The Kier molecular flexibility index (Phi) is 5.99. The summed E-state index contributed by atoms with van der Waals surface area (Å²) < 4.78 is 6.94. The van der Waals surface area contributed by atoms with Crippen LogP contribution in [0.5, 0.6) is 5.75 Å². The van der Waals surface area contributed by atoms with Crippen molar-refractivity contribution in [3.05, 3.63) is 54.0 Å². The standard InChI is InChI=1S/C23H28N6O2/c1-16-20(22(30)28(3)18-9-12-27(2)13-10-18)15-25-29(16)23-24-11-8-21(26-23)17-6-5-7-19(14-17)31-4/h5-8,11,14-15,18H,9-10,12-13H2,1-4H3. The molecule has 31 heavy (non-hydrogen) atoms. The molecule has 0 saturated carbocycles. The molecular weight excluding hydrogens is 392 g/mol. The van der Waals surface area contributed by atoms with E-state index in [1.807, 2.05) is 49.2 Å². The topological polar surface area (TPSA) is 76.4 Å². The highest BCUT2D eigenvalue weighted by Crippen LogP contribution is 2.23. The Morgan fingerprint density at radius 3 is 2.74 bits per heavy atom. The number of hydrogen-bond donors (Lipinski definition) is 0. The molecule has 1 saturated heterocycles. The van der Waals surface area contributed by atoms with Crippen molar-refractivity contribution in [3.8, 4) is 23.0 Å². The zero-order chi connectivity index (χ0) is 22.0. The number of rotatable bonds is 5. The molecule has 162 valence electrons. The van der Waals surface area contributed by atoms with Gasteiger partial charge in [-0.2, -0.15) is 5.10 Å². The van der Waals surface area contributed by atoms with Crippen LogP contribution < -0.4 is 4.74 Å². The molecule has 0 radical (unpaired) electrons. The molecule has 1 amide bonds. The molecule has 3 aromatic rings. The van der Waals surface area contributed by atoms with Gasteiger partial charge in [0.1, 0.15) is 5.75 Å². The van der Waals surface area contributed by atoms with E-state index in [-0.39, 0.29) is 11.9 Å². The first kappa shape index (κ1) is 21.0. The number of methoxy groups -OCH3 is 1. The third-order valence-electron chi connectivity index (χ3n) is 5.99. The number of aromatic nitrogens is 4. The van der Waals surface area contributed by atoms with E-state index < -0.39 is 0 Å². The van der Waals surface area contributed by atoms with Crippen LogP contribution in [-0.2, 0) is 0 Å². The molecule has 3 heterocycles. The maximum absolute atomic E-state index is 13.2. The Morgan fingerprint density at radius 2 is 2.00 bits per heavy atom. The zero-order valence-corrected chi connectivity index (χ0v) is 18.4. The van der Waals surface area contributed by atoms with E-state index >= 15 is 0 Å². The van der Waals surface area contributed by atoms with Gasteiger partial charge in [-0.1, -0.05) is 12.1 Å². The second-order valence-electron chi connectivity index (χ2n) is 7.98. The Morgan fingerprint density at radius 1 is 1.23 bits per heavy atom. The Balaban J connectivity index is 1.59. The van der Waals surface area contributed by atoms with Crippen LogP contribution in [0.2, 0.25) is 0 Å². The van der Waals surface area contributed by atoms with Gasteiger partial charge < -0.3 is 14.5 Å². The van der Waals surface area contributed by atoms with Crippen LogP contribution in [0.3, 0.4) is 0 Å². The zero-order valence-electron chi connectivity index (χ0n) is 18.4. The lowest BCUT2D eigenvalue weighted by molar-refractivity contribution is 0.0659. The van der Waals surface area contributed by atoms with E-state index in [9.17, 15) is 4.79 Å². The molecule has 1 aromatic carbocycles. The highest BCUT2D eigenvalue weighted by Gasteiger charge is 2.27. The van der Waals surface area contributed by atoms with Crippen LogP contribution in [0.25, 0.3) is 17.2 Å².